The number of ether oxygens (including phenoxy) is 1. The molecule has 5 heteroatoms. The van der Waals surface area contributed by atoms with Crippen molar-refractivity contribution in [2.45, 2.75) is 19.4 Å². The lowest BCUT2D eigenvalue weighted by Gasteiger charge is -2.19. The van der Waals surface area contributed by atoms with Crippen molar-refractivity contribution in [3.63, 3.8) is 0 Å². The van der Waals surface area contributed by atoms with E-state index >= 15 is 0 Å². The Kier molecular flexibility index (Phi) is 5.12. The maximum absolute atomic E-state index is 12.2. The third-order valence-electron chi connectivity index (χ3n) is 3.37. The van der Waals surface area contributed by atoms with Crippen molar-refractivity contribution in [3.05, 3.63) is 35.9 Å². The van der Waals surface area contributed by atoms with Gasteiger partial charge in [0.05, 0.1) is 12.5 Å². The van der Waals surface area contributed by atoms with E-state index in [1.807, 2.05) is 30.3 Å². The van der Waals surface area contributed by atoms with Gasteiger partial charge in [-0.3, -0.25) is 4.79 Å². The summed E-state index contributed by atoms with van der Waals surface area (Å²) < 4.78 is 5.05. The summed E-state index contributed by atoms with van der Waals surface area (Å²) in [6.07, 6.45) is 0.802. The van der Waals surface area contributed by atoms with Crippen LogP contribution in [0, 0.1) is 5.92 Å². The summed E-state index contributed by atoms with van der Waals surface area (Å²) in [4.78, 5) is 24.2. The van der Waals surface area contributed by atoms with Crippen LogP contribution in [-0.4, -0.2) is 31.6 Å². The fourth-order valence-electron chi connectivity index (χ4n) is 2.29. The number of carbonyl (C=O) groups excluding carboxylic acids is 2. The lowest BCUT2D eigenvalue weighted by Crippen LogP contribution is -2.39. The molecule has 1 aromatic rings. The SMILES string of the molecule is CCOC(=O)[C@H](NC(=O)C1CCNC1)c1ccccc1. The normalized spacial score (nSPS) is 19.4. The molecule has 1 saturated heterocycles. The second-order valence-electron chi connectivity index (χ2n) is 4.79. The van der Waals surface area contributed by atoms with Gasteiger partial charge in [-0.05, 0) is 25.5 Å². The minimum Gasteiger partial charge on any atom is -0.464 e. The van der Waals surface area contributed by atoms with Crippen LogP contribution in [0.4, 0.5) is 0 Å². The van der Waals surface area contributed by atoms with E-state index in [2.05, 4.69) is 10.6 Å². The molecule has 108 valence electrons. The Morgan fingerprint density at radius 2 is 2.15 bits per heavy atom. The van der Waals surface area contributed by atoms with Gasteiger partial charge >= 0.3 is 5.97 Å². The van der Waals surface area contributed by atoms with Gasteiger partial charge in [-0.2, -0.15) is 0 Å². The summed E-state index contributed by atoms with van der Waals surface area (Å²) in [6.45, 7) is 3.55. The Balaban J connectivity index is 2.10. The van der Waals surface area contributed by atoms with Crippen molar-refractivity contribution in [2.24, 2.45) is 5.92 Å². The smallest absolute Gasteiger partial charge is 0.333 e. The number of rotatable bonds is 5. The quantitative estimate of drug-likeness (QED) is 0.788. The van der Waals surface area contributed by atoms with E-state index in [0.717, 1.165) is 18.5 Å². The van der Waals surface area contributed by atoms with E-state index in [1.165, 1.54) is 0 Å². The third kappa shape index (κ3) is 3.57. The summed E-state index contributed by atoms with van der Waals surface area (Å²) in [5.41, 5.74) is 0.741. The Labute approximate surface area is 118 Å². The Morgan fingerprint density at radius 3 is 2.75 bits per heavy atom. The number of carbonyl (C=O) groups is 2. The van der Waals surface area contributed by atoms with Gasteiger partial charge < -0.3 is 15.4 Å². The predicted molar refractivity (Wildman–Crippen MR) is 74.9 cm³/mol. The minimum absolute atomic E-state index is 0.0735. The summed E-state index contributed by atoms with van der Waals surface area (Å²) in [5.74, 6) is -0.592. The standard InChI is InChI=1S/C15H20N2O3/c1-2-20-15(19)13(11-6-4-3-5-7-11)17-14(18)12-8-9-16-10-12/h3-7,12-13,16H,2,8-10H2,1H3,(H,17,18)/t12?,13-/m1/s1. The van der Waals surface area contributed by atoms with E-state index in [0.29, 0.717) is 13.2 Å². The van der Waals surface area contributed by atoms with Crippen molar-refractivity contribution in [1.82, 2.24) is 10.6 Å². The molecule has 0 aliphatic carbocycles. The highest BCUT2D eigenvalue weighted by atomic mass is 16.5. The molecule has 1 fully saturated rings. The molecule has 20 heavy (non-hydrogen) atoms. The molecule has 1 unspecified atom stereocenters. The largest absolute Gasteiger partial charge is 0.464 e. The molecule has 2 rings (SSSR count). The number of hydrogen-bond donors (Lipinski definition) is 2. The van der Waals surface area contributed by atoms with Crippen LogP contribution in [0.15, 0.2) is 30.3 Å². The van der Waals surface area contributed by atoms with Crippen LogP contribution < -0.4 is 10.6 Å². The van der Waals surface area contributed by atoms with Crippen molar-refractivity contribution in [1.29, 1.82) is 0 Å². The molecule has 1 aromatic carbocycles. The second-order valence-corrected chi connectivity index (χ2v) is 4.79. The molecule has 0 radical (unpaired) electrons. The molecule has 0 spiro atoms. The number of esters is 1. The first kappa shape index (κ1) is 14.5. The highest BCUT2D eigenvalue weighted by Crippen LogP contribution is 2.17. The molecular weight excluding hydrogens is 256 g/mol. The van der Waals surface area contributed by atoms with E-state index in [4.69, 9.17) is 4.74 Å². The van der Waals surface area contributed by atoms with Crippen LogP contribution in [0.3, 0.4) is 0 Å². The van der Waals surface area contributed by atoms with Gasteiger partial charge in [0, 0.05) is 6.54 Å². The lowest BCUT2D eigenvalue weighted by molar-refractivity contribution is -0.148. The van der Waals surface area contributed by atoms with Crippen molar-refractivity contribution >= 4 is 11.9 Å². The van der Waals surface area contributed by atoms with E-state index in [1.54, 1.807) is 6.92 Å². The van der Waals surface area contributed by atoms with Gasteiger partial charge in [0.15, 0.2) is 6.04 Å². The van der Waals surface area contributed by atoms with Gasteiger partial charge in [0.2, 0.25) is 5.91 Å². The highest BCUT2D eigenvalue weighted by Gasteiger charge is 2.29. The molecule has 0 aromatic heterocycles. The molecule has 2 N–H and O–H groups in total. The van der Waals surface area contributed by atoms with E-state index in [9.17, 15) is 9.59 Å². The average molecular weight is 276 g/mol. The first-order chi connectivity index (χ1) is 9.72. The van der Waals surface area contributed by atoms with Crippen LogP contribution in [0.2, 0.25) is 0 Å². The van der Waals surface area contributed by atoms with Crippen molar-refractivity contribution in [2.75, 3.05) is 19.7 Å². The maximum atomic E-state index is 12.2. The number of benzene rings is 1. The fraction of sp³-hybridized carbons (Fsp3) is 0.467. The monoisotopic (exact) mass is 276 g/mol. The van der Waals surface area contributed by atoms with Crippen molar-refractivity contribution in [3.8, 4) is 0 Å². The zero-order chi connectivity index (χ0) is 14.4. The van der Waals surface area contributed by atoms with E-state index in [-0.39, 0.29) is 11.8 Å². The van der Waals surface area contributed by atoms with Gasteiger partial charge in [0.25, 0.3) is 0 Å². The average Bonchev–Trinajstić information content (AvgIpc) is 3.00. The van der Waals surface area contributed by atoms with Crippen LogP contribution >= 0.6 is 0 Å². The number of nitrogens with one attached hydrogen (secondary N) is 2. The summed E-state index contributed by atoms with van der Waals surface area (Å²) in [6, 6.07) is 8.44. The maximum Gasteiger partial charge on any atom is 0.333 e. The minimum atomic E-state index is -0.732. The van der Waals surface area contributed by atoms with Crippen LogP contribution in [0.25, 0.3) is 0 Å². The zero-order valence-electron chi connectivity index (χ0n) is 11.6. The third-order valence-corrected chi connectivity index (χ3v) is 3.37. The summed E-state index contributed by atoms with van der Waals surface area (Å²) in [7, 11) is 0. The molecule has 1 amide bonds. The lowest BCUT2D eigenvalue weighted by atomic mass is 10.0. The zero-order valence-corrected chi connectivity index (χ0v) is 11.6. The van der Waals surface area contributed by atoms with Crippen LogP contribution in [0.5, 0.6) is 0 Å². The van der Waals surface area contributed by atoms with Gasteiger partial charge in [-0.15, -0.1) is 0 Å². The van der Waals surface area contributed by atoms with Crippen LogP contribution in [-0.2, 0) is 14.3 Å². The Hall–Kier alpha value is -1.88. The first-order valence-electron chi connectivity index (χ1n) is 6.95. The molecule has 1 aliphatic rings. The summed E-state index contributed by atoms with van der Waals surface area (Å²) in [5, 5.41) is 5.95. The topological polar surface area (TPSA) is 67.4 Å². The molecule has 5 nitrogen and oxygen atoms in total. The van der Waals surface area contributed by atoms with Gasteiger partial charge in [-0.25, -0.2) is 4.79 Å². The fourth-order valence-corrected chi connectivity index (χ4v) is 2.29. The second kappa shape index (κ2) is 7.05. The molecule has 1 aliphatic heterocycles. The molecule has 0 saturated carbocycles. The Bertz CT molecular complexity index is 455. The van der Waals surface area contributed by atoms with Gasteiger partial charge in [0.1, 0.15) is 0 Å². The molecule has 0 bridgehead atoms. The Morgan fingerprint density at radius 1 is 1.40 bits per heavy atom. The first-order valence-corrected chi connectivity index (χ1v) is 6.95. The van der Waals surface area contributed by atoms with E-state index < -0.39 is 12.0 Å². The molecular formula is C15H20N2O3. The van der Waals surface area contributed by atoms with Gasteiger partial charge in [-0.1, -0.05) is 30.3 Å². The molecule has 1 heterocycles. The number of hydrogen-bond acceptors (Lipinski definition) is 4. The van der Waals surface area contributed by atoms with Crippen LogP contribution in [0.1, 0.15) is 24.9 Å². The highest BCUT2D eigenvalue weighted by molar-refractivity contribution is 5.86. The predicted octanol–water partition coefficient (Wildman–Crippen LogP) is 1.02. The summed E-state index contributed by atoms with van der Waals surface area (Å²) >= 11 is 0. The number of amides is 1. The van der Waals surface area contributed by atoms with Crippen molar-refractivity contribution < 1.29 is 14.3 Å². The molecule has 2 atom stereocenters.